The van der Waals surface area contributed by atoms with E-state index in [2.05, 4.69) is 16.8 Å². The summed E-state index contributed by atoms with van der Waals surface area (Å²) in [5.41, 5.74) is -0.991. The number of nitrogens with one attached hydrogen (secondary N) is 1. The van der Waals surface area contributed by atoms with Crippen LogP contribution in [0.2, 0.25) is 0 Å². The molecule has 0 bridgehead atoms. The number of likely N-dealkylation sites (tertiary alicyclic amines) is 1. The molecule has 0 radical (unpaired) electrons. The van der Waals surface area contributed by atoms with Crippen LogP contribution in [0.25, 0.3) is 0 Å². The molecule has 0 saturated carbocycles. The van der Waals surface area contributed by atoms with Gasteiger partial charge in [-0.2, -0.15) is 0 Å². The second kappa shape index (κ2) is 10.8. The van der Waals surface area contributed by atoms with Crippen LogP contribution in [0.15, 0.2) is 0 Å². The minimum absolute atomic E-state index is 0.245. The molecule has 2 rings (SSSR count). The standard InChI is InChI=1S/C17H32ClN2O8PS/c1-5-9-6-10(20(3)7-9)16(23)19-11(8(2)18)14-12(21)13(22)15(17(27-14)30-4)28-29(24,25)26/h8-15,17,21-22H,5-7H2,1-4H3,(H,19,23)(H2,24,25,26)/t8-,9+,10-,11+,12?,13?,14?,15?,17?/m0/s1. The van der Waals surface area contributed by atoms with Gasteiger partial charge in [-0.05, 0) is 32.6 Å². The second-order valence-corrected chi connectivity index (χ2v) is 10.7. The number of hydrogen-bond acceptors (Lipinski definition) is 8. The number of thioether (sulfide) groups is 1. The summed E-state index contributed by atoms with van der Waals surface area (Å²) < 4.78 is 21.7. The van der Waals surface area contributed by atoms with Crippen LogP contribution >= 0.6 is 31.2 Å². The lowest BCUT2D eigenvalue weighted by Gasteiger charge is -2.45. The van der Waals surface area contributed by atoms with E-state index < -0.39 is 49.1 Å². The maximum absolute atomic E-state index is 12.9. The van der Waals surface area contributed by atoms with Crippen LogP contribution in [0.1, 0.15) is 26.7 Å². The number of ether oxygens (including phenoxy) is 1. The Morgan fingerprint density at radius 2 is 2.03 bits per heavy atom. The van der Waals surface area contributed by atoms with Gasteiger partial charge in [-0.1, -0.05) is 13.3 Å². The summed E-state index contributed by atoms with van der Waals surface area (Å²) in [6, 6.07) is -1.18. The van der Waals surface area contributed by atoms with Crippen LogP contribution in [0, 0.1) is 5.92 Å². The molecule has 176 valence electrons. The van der Waals surface area contributed by atoms with Gasteiger partial charge in [0.05, 0.1) is 17.5 Å². The largest absolute Gasteiger partial charge is 0.470 e. The highest BCUT2D eigenvalue weighted by Crippen LogP contribution is 2.43. The van der Waals surface area contributed by atoms with E-state index in [-0.39, 0.29) is 11.9 Å². The Morgan fingerprint density at radius 1 is 1.40 bits per heavy atom. The van der Waals surface area contributed by atoms with E-state index in [1.165, 1.54) is 0 Å². The molecule has 1 amide bonds. The van der Waals surface area contributed by atoms with Crippen molar-refractivity contribution in [2.75, 3.05) is 19.8 Å². The molecule has 2 aliphatic heterocycles. The molecule has 2 aliphatic rings. The molecule has 0 aliphatic carbocycles. The Balaban J connectivity index is 2.17. The summed E-state index contributed by atoms with van der Waals surface area (Å²) in [6.07, 6.45) is -2.50. The number of halogens is 1. The van der Waals surface area contributed by atoms with Gasteiger partial charge < -0.3 is 30.1 Å². The number of rotatable bonds is 8. The van der Waals surface area contributed by atoms with Crippen molar-refractivity contribution in [1.29, 1.82) is 0 Å². The highest BCUT2D eigenvalue weighted by atomic mass is 35.5. The minimum atomic E-state index is -4.93. The van der Waals surface area contributed by atoms with Crippen molar-refractivity contribution in [1.82, 2.24) is 10.2 Å². The highest BCUT2D eigenvalue weighted by Gasteiger charge is 2.51. The van der Waals surface area contributed by atoms with Crippen LogP contribution in [0.4, 0.5) is 0 Å². The van der Waals surface area contributed by atoms with E-state index in [1.807, 2.05) is 11.9 Å². The van der Waals surface area contributed by atoms with Crippen LogP contribution in [0.5, 0.6) is 0 Å². The van der Waals surface area contributed by atoms with Gasteiger partial charge in [0.2, 0.25) is 5.91 Å². The number of aliphatic hydroxyl groups is 2. The average molecular weight is 491 g/mol. The van der Waals surface area contributed by atoms with Crippen LogP contribution < -0.4 is 5.32 Å². The minimum Gasteiger partial charge on any atom is -0.388 e. The molecule has 0 aromatic rings. The van der Waals surface area contributed by atoms with Crippen molar-refractivity contribution in [3.05, 3.63) is 0 Å². The lowest BCUT2D eigenvalue weighted by atomic mass is 9.92. The van der Waals surface area contributed by atoms with Crippen LogP contribution in [-0.2, 0) is 18.6 Å². The number of phosphoric ester groups is 1. The molecule has 10 nitrogen and oxygen atoms in total. The first-order chi connectivity index (χ1) is 13.9. The molecular weight excluding hydrogens is 459 g/mol. The van der Waals surface area contributed by atoms with Gasteiger partial charge in [-0.25, -0.2) is 4.57 Å². The summed E-state index contributed by atoms with van der Waals surface area (Å²) in [7, 11) is -3.05. The molecule has 13 heteroatoms. The summed E-state index contributed by atoms with van der Waals surface area (Å²) >= 11 is 7.36. The second-order valence-electron chi connectivity index (χ2n) is 7.92. The molecule has 9 atom stereocenters. The zero-order chi connectivity index (χ0) is 22.8. The van der Waals surface area contributed by atoms with Crippen molar-refractivity contribution in [2.45, 2.75) is 74.0 Å². The molecule has 0 aromatic heterocycles. The van der Waals surface area contributed by atoms with Crippen LogP contribution in [0.3, 0.4) is 0 Å². The molecule has 0 aromatic carbocycles. The molecular formula is C17H32ClN2O8PS. The van der Waals surface area contributed by atoms with Gasteiger partial charge in [0, 0.05) is 6.54 Å². The topological polar surface area (TPSA) is 149 Å². The summed E-state index contributed by atoms with van der Waals surface area (Å²) in [5.74, 6) is 0.174. The number of nitrogens with zero attached hydrogens (tertiary/aromatic N) is 1. The number of likely N-dealkylation sites (N-methyl/N-ethyl adjacent to an activating group) is 1. The normalized spacial score (nSPS) is 37.7. The molecule has 2 heterocycles. The number of hydrogen-bond donors (Lipinski definition) is 5. The fourth-order valence-corrected chi connectivity index (χ4v) is 5.61. The van der Waals surface area contributed by atoms with E-state index >= 15 is 0 Å². The van der Waals surface area contributed by atoms with Gasteiger partial charge in [0.1, 0.15) is 29.9 Å². The first-order valence-corrected chi connectivity index (χ1v) is 13.1. The summed E-state index contributed by atoms with van der Waals surface area (Å²) in [5, 5.41) is 23.3. The quantitative estimate of drug-likeness (QED) is 0.234. The predicted octanol–water partition coefficient (Wildman–Crippen LogP) is 0.116. The van der Waals surface area contributed by atoms with Gasteiger partial charge in [-0.3, -0.25) is 14.2 Å². The van der Waals surface area contributed by atoms with Crippen molar-refractivity contribution >= 4 is 37.1 Å². The third-order valence-corrected chi connectivity index (χ3v) is 7.38. The fraction of sp³-hybridized carbons (Fsp3) is 0.941. The smallest absolute Gasteiger partial charge is 0.388 e. The van der Waals surface area contributed by atoms with E-state index in [4.69, 9.17) is 26.1 Å². The molecule has 0 spiro atoms. The van der Waals surface area contributed by atoms with E-state index in [1.54, 1.807) is 13.2 Å². The summed E-state index contributed by atoms with van der Waals surface area (Å²) in [4.78, 5) is 33.1. The van der Waals surface area contributed by atoms with Gasteiger partial charge in [-0.15, -0.1) is 23.4 Å². The van der Waals surface area contributed by atoms with Gasteiger partial charge >= 0.3 is 7.82 Å². The first kappa shape index (κ1) is 26.3. The zero-order valence-corrected chi connectivity index (χ0v) is 19.9. The Kier molecular flexibility index (Phi) is 9.46. The van der Waals surface area contributed by atoms with Crippen molar-refractivity contribution in [3.63, 3.8) is 0 Å². The molecule has 2 saturated heterocycles. The maximum atomic E-state index is 12.9. The van der Waals surface area contributed by atoms with Gasteiger partial charge in [0.25, 0.3) is 0 Å². The zero-order valence-electron chi connectivity index (χ0n) is 17.4. The van der Waals surface area contributed by atoms with E-state index in [0.29, 0.717) is 12.3 Å². The van der Waals surface area contributed by atoms with E-state index in [0.717, 1.165) is 24.7 Å². The third-order valence-electron chi connectivity index (χ3n) is 5.75. The summed E-state index contributed by atoms with van der Waals surface area (Å²) in [6.45, 7) is 4.52. The predicted molar refractivity (Wildman–Crippen MR) is 113 cm³/mol. The number of amides is 1. The number of carbonyl (C=O) groups excluding carboxylic acids is 1. The molecule has 5 unspecified atom stereocenters. The lowest BCUT2D eigenvalue weighted by molar-refractivity contribution is -0.201. The number of phosphoric acid groups is 1. The number of aliphatic hydroxyl groups excluding tert-OH is 2. The third kappa shape index (κ3) is 6.31. The SMILES string of the molecule is CC[C@@H]1C[C@@H](C(=O)N[C@@H](C2OC(SC)C(OP(=O)(O)O)C(O)C2O)[C@H](C)Cl)N(C)C1. The first-order valence-electron chi connectivity index (χ1n) is 9.82. The highest BCUT2D eigenvalue weighted by molar-refractivity contribution is 7.99. The Hall–Kier alpha value is 0.0600. The van der Waals surface area contributed by atoms with Crippen molar-refractivity contribution in [3.8, 4) is 0 Å². The monoisotopic (exact) mass is 490 g/mol. The molecule has 2 fully saturated rings. The maximum Gasteiger partial charge on any atom is 0.470 e. The lowest BCUT2D eigenvalue weighted by Crippen LogP contribution is -2.65. The van der Waals surface area contributed by atoms with Crippen molar-refractivity contribution < 1.29 is 38.6 Å². The van der Waals surface area contributed by atoms with Crippen molar-refractivity contribution in [2.24, 2.45) is 5.92 Å². The Morgan fingerprint density at radius 3 is 2.50 bits per heavy atom. The fourth-order valence-electron chi connectivity index (χ4n) is 4.05. The average Bonchev–Trinajstić information content (AvgIpc) is 3.04. The Labute approximate surface area is 185 Å². The molecule has 5 N–H and O–H groups in total. The number of carbonyl (C=O) groups is 1. The van der Waals surface area contributed by atoms with Gasteiger partial charge in [0.15, 0.2) is 0 Å². The number of alkyl halides is 1. The van der Waals surface area contributed by atoms with E-state index in [9.17, 15) is 19.6 Å². The Bertz CT molecular complexity index is 639. The van der Waals surface area contributed by atoms with Crippen LogP contribution in [-0.4, -0.2) is 98.0 Å². The molecule has 30 heavy (non-hydrogen) atoms.